The van der Waals surface area contributed by atoms with Gasteiger partial charge in [0.05, 0.1) is 31.0 Å². The monoisotopic (exact) mass is 497 g/mol. The predicted molar refractivity (Wildman–Crippen MR) is 135 cm³/mol. The van der Waals surface area contributed by atoms with Crippen LogP contribution in [0.2, 0.25) is 0 Å². The molecule has 1 fully saturated rings. The number of hydrogen-bond acceptors (Lipinski definition) is 7. The lowest BCUT2D eigenvalue weighted by Gasteiger charge is -2.39. The molecule has 1 aliphatic rings. The Kier molecular flexibility index (Phi) is 7.87. The van der Waals surface area contributed by atoms with Crippen LogP contribution in [0, 0.1) is 6.92 Å². The molecule has 0 saturated carbocycles. The van der Waals surface area contributed by atoms with Crippen LogP contribution in [0.25, 0.3) is 0 Å². The third-order valence-electron chi connectivity index (χ3n) is 6.33. The topological polar surface area (TPSA) is 88.2 Å². The molecule has 0 aliphatic carbocycles. The maximum absolute atomic E-state index is 13.8. The Morgan fingerprint density at radius 2 is 1.89 bits per heavy atom. The first-order chi connectivity index (χ1) is 16.9. The average molecular weight is 498 g/mol. The summed E-state index contributed by atoms with van der Waals surface area (Å²) in [5.74, 6) is 0.630. The van der Waals surface area contributed by atoms with E-state index in [1.165, 1.54) is 0 Å². The molecule has 1 atom stereocenters. The van der Waals surface area contributed by atoms with E-state index >= 15 is 0 Å². The number of hydrogen-bond donors (Lipinski definition) is 1. The quantitative estimate of drug-likeness (QED) is 0.492. The standard InChI is InChI=1S/C26H31N3O5S/c1-4-33-26(32)28-13-11-27(12-14-28)24(19-7-9-21(35-3)10-8-19)23-22(30)16-18(2)29(25(23)31)17-20-6-5-15-34-20/h5-10,15-16,24,30H,4,11-14,17H2,1-3H3/t24-/m1/s1. The fourth-order valence-corrected chi connectivity index (χ4v) is 4.91. The Hall–Kier alpha value is -3.17. The Morgan fingerprint density at radius 1 is 1.17 bits per heavy atom. The van der Waals surface area contributed by atoms with E-state index in [-0.39, 0.29) is 23.9 Å². The van der Waals surface area contributed by atoms with E-state index in [0.717, 1.165) is 10.5 Å². The third kappa shape index (κ3) is 5.41. The highest BCUT2D eigenvalue weighted by Crippen LogP contribution is 2.34. The zero-order chi connectivity index (χ0) is 24.9. The maximum Gasteiger partial charge on any atom is 0.409 e. The molecule has 3 aromatic rings. The van der Waals surface area contributed by atoms with Crippen molar-refractivity contribution in [1.29, 1.82) is 0 Å². The van der Waals surface area contributed by atoms with E-state index in [4.69, 9.17) is 9.15 Å². The number of nitrogens with zero attached hydrogens (tertiary/aromatic N) is 3. The van der Waals surface area contributed by atoms with Crippen LogP contribution in [0.4, 0.5) is 4.79 Å². The summed E-state index contributed by atoms with van der Waals surface area (Å²) >= 11 is 1.64. The molecule has 9 heteroatoms. The lowest BCUT2D eigenvalue weighted by atomic mass is 9.96. The van der Waals surface area contributed by atoms with Crippen molar-refractivity contribution in [3.63, 3.8) is 0 Å². The number of piperazine rings is 1. The molecule has 0 bridgehead atoms. The van der Waals surface area contributed by atoms with Gasteiger partial charge in [-0.1, -0.05) is 12.1 Å². The Morgan fingerprint density at radius 3 is 2.49 bits per heavy atom. The SMILES string of the molecule is CCOC(=O)N1CCN([C@H](c2ccc(SC)cc2)c2c(O)cc(C)n(Cc3ccco3)c2=O)CC1. The second-order valence-corrected chi connectivity index (χ2v) is 9.33. The van der Waals surface area contributed by atoms with Crippen LogP contribution in [-0.2, 0) is 11.3 Å². The minimum atomic E-state index is -0.466. The first kappa shape index (κ1) is 24.9. The van der Waals surface area contributed by atoms with Gasteiger partial charge < -0.3 is 23.7 Å². The summed E-state index contributed by atoms with van der Waals surface area (Å²) in [5.41, 5.74) is 1.62. The Labute approximate surface area is 209 Å². The lowest BCUT2D eigenvalue weighted by Crippen LogP contribution is -2.50. The summed E-state index contributed by atoms with van der Waals surface area (Å²) in [7, 11) is 0. The van der Waals surface area contributed by atoms with Gasteiger partial charge in [0.2, 0.25) is 0 Å². The minimum Gasteiger partial charge on any atom is -0.507 e. The molecule has 0 unspecified atom stereocenters. The molecule has 0 spiro atoms. The zero-order valence-electron chi connectivity index (χ0n) is 20.3. The van der Waals surface area contributed by atoms with Gasteiger partial charge >= 0.3 is 6.09 Å². The third-order valence-corrected chi connectivity index (χ3v) is 7.07. The summed E-state index contributed by atoms with van der Waals surface area (Å²) in [4.78, 5) is 31.0. The van der Waals surface area contributed by atoms with Crippen molar-refractivity contribution in [1.82, 2.24) is 14.4 Å². The normalized spacial score (nSPS) is 15.2. The fraction of sp³-hybridized carbons (Fsp3) is 0.385. The van der Waals surface area contributed by atoms with E-state index in [1.54, 1.807) is 53.5 Å². The van der Waals surface area contributed by atoms with E-state index < -0.39 is 6.04 Å². The molecular weight excluding hydrogens is 466 g/mol. The summed E-state index contributed by atoms with van der Waals surface area (Å²) in [5, 5.41) is 11.0. The largest absolute Gasteiger partial charge is 0.507 e. The number of aryl methyl sites for hydroxylation is 1. The van der Waals surface area contributed by atoms with Gasteiger partial charge in [0.25, 0.3) is 5.56 Å². The van der Waals surface area contributed by atoms with E-state index in [2.05, 4.69) is 4.90 Å². The molecule has 0 radical (unpaired) electrons. The van der Waals surface area contributed by atoms with Crippen molar-refractivity contribution in [3.8, 4) is 5.75 Å². The number of thioether (sulfide) groups is 1. The first-order valence-electron chi connectivity index (χ1n) is 11.7. The van der Waals surface area contributed by atoms with Crippen LogP contribution in [0.1, 0.15) is 35.5 Å². The van der Waals surface area contributed by atoms with E-state index in [9.17, 15) is 14.7 Å². The van der Waals surface area contributed by atoms with Gasteiger partial charge in [0.15, 0.2) is 0 Å². The van der Waals surface area contributed by atoms with Gasteiger partial charge in [0.1, 0.15) is 11.5 Å². The molecule has 1 saturated heterocycles. The van der Waals surface area contributed by atoms with Crippen LogP contribution >= 0.6 is 11.8 Å². The number of furan rings is 1. The molecule has 35 heavy (non-hydrogen) atoms. The van der Waals surface area contributed by atoms with Gasteiger partial charge in [-0.2, -0.15) is 0 Å². The van der Waals surface area contributed by atoms with Crippen LogP contribution in [0.3, 0.4) is 0 Å². The predicted octanol–water partition coefficient (Wildman–Crippen LogP) is 4.09. The van der Waals surface area contributed by atoms with Gasteiger partial charge in [-0.15, -0.1) is 11.8 Å². The summed E-state index contributed by atoms with van der Waals surface area (Å²) < 4.78 is 12.3. The first-order valence-corrected chi connectivity index (χ1v) is 12.9. The van der Waals surface area contributed by atoms with E-state index in [0.29, 0.717) is 49.8 Å². The van der Waals surface area contributed by atoms with Gasteiger partial charge in [-0.3, -0.25) is 9.69 Å². The van der Waals surface area contributed by atoms with Crippen LogP contribution < -0.4 is 5.56 Å². The highest BCUT2D eigenvalue weighted by molar-refractivity contribution is 7.98. The number of ether oxygens (including phenoxy) is 1. The Bertz CT molecular complexity index is 1200. The number of aromatic hydroxyl groups is 1. The van der Waals surface area contributed by atoms with Crippen molar-refractivity contribution in [2.24, 2.45) is 0 Å². The van der Waals surface area contributed by atoms with Crippen molar-refractivity contribution in [3.05, 3.63) is 81.7 Å². The second kappa shape index (κ2) is 11.0. The molecular formula is C26H31N3O5S. The molecule has 4 rings (SSSR count). The number of rotatable bonds is 7. The number of carbonyl (C=O) groups is 1. The number of carbonyl (C=O) groups excluding carboxylic acids is 1. The molecule has 1 N–H and O–H groups in total. The van der Waals surface area contributed by atoms with Gasteiger partial charge in [0, 0.05) is 36.8 Å². The van der Waals surface area contributed by atoms with Gasteiger partial charge in [-0.05, 0) is 56.0 Å². The maximum atomic E-state index is 13.8. The number of aromatic nitrogens is 1. The lowest BCUT2D eigenvalue weighted by molar-refractivity contribution is 0.0709. The highest BCUT2D eigenvalue weighted by atomic mass is 32.2. The zero-order valence-corrected chi connectivity index (χ0v) is 21.1. The molecule has 1 aliphatic heterocycles. The van der Waals surface area contributed by atoms with Crippen molar-refractivity contribution < 1.29 is 19.1 Å². The van der Waals surface area contributed by atoms with E-state index in [1.807, 2.05) is 36.6 Å². The fourth-order valence-electron chi connectivity index (χ4n) is 4.50. The van der Waals surface area contributed by atoms with Crippen molar-refractivity contribution in [2.75, 3.05) is 39.0 Å². The summed E-state index contributed by atoms with van der Waals surface area (Å²) in [6, 6.07) is 12.8. The van der Waals surface area contributed by atoms with Crippen molar-refractivity contribution in [2.45, 2.75) is 31.3 Å². The average Bonchev–Trinajstić information content (AvgIpc) is 3.38. The summed E-state index contributed by atoms with van der Waals surface area (Å²) in [6.45, 7) is 6.23. The van der Waals surface area contributed by atoms with Crippen LogP contribution in [0.15, 0.2) is 62.8 Å². The Balaban J connectivity index is 1.74. The summed E-state index contributed by atoms with van der Waals surface area (Å²) in [6.07, 6.45) is 3.27. The molecule has 1 amide bonds. The number of benzene rings is 1. The van der Waals surface area contributed by atoms with Crippen LogP contribution in [0.5, 0.6) is 5.75 Å². The molecule has 3 heterocycles. The van der Waals surface area contributed by atoms with Gasteiger partial charge in [-0.25, -0.2) is 4.79 Å². The molecule has 2 aromatic heterocycles. The number of amides is 1. The molecule has 8 nitrogen and oxygen atoms in total. The molecule has 186 valence electrons. The molecule has 1 aromatic carbocycles. The van der Waals surface area contributed by atoms with Crippen molar-refractivity contribution >= 4 is 17.9 Å². The second-order valence-electron chi connectivity index (χ2n) is 8.45. The van der Waals surface area contributed by atoms with Crippen LogP contribution in [-0.4, -0.2) is 64.6 Å². The highest BCUT2D eigenvalue weighted by Gasteiger charge is 2.32. The number of pyridine rings is 1. The smallest absolute Gasteiger partial charge is 0.409 e. The minimum absolute atomic E-state index is 0.0324.